The number of hydrogen-bond acceptors (Lipinski definition) is 5. The van der Waals surface area contributed by atoms with Crippen molar-refractivity contribution < 1.29 is 22.7 Å². The van der Waals surface area contributed by atoms with Crippen molar-refractivity contribution in [1.29, 1.82) is 0 Å². The highest BCUT2D eigenvalue weighted by atomic mass is 32.1. The molecule has 0 atom stereocenters. The molecule has 2 aromatic heterocycles. The molecule has 25 heavy (non-hydrogen) atoms. The van der Waals surface area contributed by atoms with E-state index in [2.05, 4.69) is 14.9 Å². The average molecular weight is 369 g/mol. The van der Waals surface area contributed by atoms with E-state index in [1.807, 2.05) is 23.6 Å². The maximum Gasteiger partial charge on any atom is 0.422 e. The van der Waals surface area contributed by atoms with Gasteiger partial charge in [-0.3, -0.25) is 4.79 Å². The van der Waals surface area contributed by atoms with E-state index >= 15 is 0 Å². The van der Waals surface area contributed by atoms with Gasteiger partial charge in [-0.1, -0.05) is 12.1 Å². The maximum absolute atomic E-state index is 12.4. The zero-order chi connectivity index (χ0) is 17.9. The van der Waals surface area contributed by atoms with Crippen LogP contribution in [0.5, 0.6) is 5.88 Å². The molecule has 1 amide bonds. The normalized spacial score (nSPS) is 15.0. The van der Waals surface area contributed by atoms with Crippen LogP contribution in [-0.4, -0.2) is 46.9 Å². The second-order valence-corrected chi connectivity index (χ2v) is 6.32. The fraction of sp³-hybridized carbons (Fsp3) is 0.312. The molecule has 0 radical (unpaired) electrons. The molecule has 0 bridgehead atoms. The van der Waals surface area contributed by atoms with Crippen molar-refractivity contribution in [3.63, 3.8) is 0 Å². The Morgan fingerprint density at radius 1 is 1.28 bits per heavy atom. The van der Waals surface area contributed by atoms with Crippen molar-refractivity contribution in [3.8, 4) is 5.88 Å². The van der Waals surface area contributed by atoms with Crippen LogP contribution in [0.4, 0.5) is 13.2 Å². The summed E-state index contributed by atoms with van der Waals surface area (Å²) in [5.41, 5.74) is 1.29. The quantitative estimate of drug-likeness (QED) is 0.829. The number of carbonyl (C=O) groups is 1. The molecule has 132 valence electrons. The number of nitrogens with zero attached hydrogens (tertiary/aromatic N) is 3. The molecule has 5 nitrogen and oxygen atoms in total. The van der Waals surface area contributed by atoms with Gasteiger partial charge in [0.15, 0.2) is 12.3 Å². The van der Waals surface area contributed by atoms with Gasteiger partial charge in [-0.2, -0.15) is 13.2 Å². The van der Waals surface area contributed by atoms with Gasteiger partial charge in [-0.25, -0.2) is 0 Å². The largest absolute Gasteiger partial charge is 0.467 e. The number of halogens is 3. The highest BCUT2D eigenvalue weighted by Gasteiger charge is 2.29. The Balaban J connectivity index is 1.60. The van der Waals surface area contributed by atoms with Crippen molar-refractivity contribution in [2.24, 2.45) is 0 Å². The van der Waals surface area contributed by atoms with Gasteiger partial charge < -0.3 is 9.64 Å². The second-order valence-electron chi connectivity index (χ2n) is 5.37. The van der Waals surface area contributed by atoms with Crippen LogP contribution in [0.15, 0.2) is 35.7 Å². The molecule has 9 heteroatoms. The average Bonchev–Trinajstić information content (AvgIpc) is 3.14. The summed E-state index contributed by atoms with van der Waals surface area (Å²) in [6.07, 6.45) is -1.70. The Morgan fingerprint density at radius 3 is 2.68 bits per heavy atom. The smallest absolute Gasteiger partial charge is 0.422 e. The first-order valence-electron chi connectivity index (χ1n) is 7.48. The minimum absolute atomic E-state index is 0.0762. The van der Waals surface area contributed by atoms with Crippen molar-refractivity contribution >= 4 is 22.8 Å². The van der Waals surface area contributed by atoms with Gasteiger partial charge in [0.1, 0.15) is 0 Å². The molecular formula is C16H14F3N3O2S. The first kappa shape index (κ1) is 17.4. The molecule has 0 spiro atoms. The third-order valence-electron chi connectivity index (χ3n) is 3.58. The minimum Gasteiger partial charge on any atom is -0.467 e. The summed E-state index contributed by atoms with van der Waals surface area (Å²) >= 11 is 1.66. The van der Waals surface area contributed by atoms with Gasteiger partial charge in [0.25, 0.3) is 5.91 Å². The molecule has 0 fully saturated rings. The van der Waals surface area contributed by atoms with Gasteiger partial charge in [0.05, 0.1) is 0 Å². The lowest BCUT2D eigenvalue weighted by Crippen LogP contribution is -2.35. The van der Waals surface area contributed by atoms with Crippen LogP contribution in [0.25, 0.3) is 5.57 Å². The van der Waals surface area contributed by atoms with Gasteiger partial charge in [-0.15, -0.1) is 21.5 Å². The summed E-state index contributed by atoms with van der Waals surface area (Å²) in [7, 11) is 0. The zero-order valence-corrected chi connectivity index (χ0v) is 13.8. The SMILES string of the molecule is O=C(c1ccc(OCC(F)(F)F)nn1)N1CC=C(c2cccs2)CC1. The van der Waals surface area contributed by atoms with E-state index in [0.717, 1.165) is 6.42 Å². The molecule has 0 N–H and O–H groups in total. The molecular weight excluding hydrogens is 355 g/mol. The third-order valence-corrected chi connectivity index (χ3v) is 4.52. The van der Waals surface area contributed by atoms with Crippen molar-refractivity contribution in [2.75, 3.05) is 19.7 Å². The molecule has 1 aliphatic heterocycles. The standard InChI is InChI=1S/C16H14F3N3O2S/c17-16(18,19)10-24-14-4-3-12(20-21-14)15(23)22-7-5-11(6-8-22)13-2-1-9-25-13/h1-5,9H,6-8,10H2. The minimum atomic E-state index is -4.45. The first-order valence-corrected chi connectivity index (χ1v) is 8.36. The van der Waals surface area contributed by atoms with E-state index in [0.29, 0.717) is 13.1 Å². The number of rotatable bonds is 4. The van der Waals surface area contributed by atoms with Crippen LogP contribution in [-0.2, 0) is 0 Å². The van der Waals surface area contributed by atoms with Crippen molar-refractivity contribution in [2.45, 2.75) is 12.6 Å². The van der Waals surface area contributed by atoms with Crippen molar-refractivity contribution in [3.05, 3.63) is 46.3 Å². The van der Waals surface area contributed by atoms with Crippen molar-refractivity contribution in [1.82, 2.24) is 15.1 Å². The Hall–Kier alpha value is -2.42. The van der Waals surface area contributed by atoms with E-state index in [-0.39, 0.29) is 17.5 Å². The Labute approximate surface area is 145 Å². The monoisotopic (exact) mass is 369 g/mol. The fourth-order valence-corrected chi connectivity index (χ4v) is 3.17. The summed E-state index contributed by atoms with van der Waals surface area (Å²) in [5, 5.41) is 9.20. The number of aromatic nitrogens is 2. The topological polar surface area (TPSA) is 55.3 Å². The Morgan fingerprint density at radius 2 is 2.12 bits per heavy atom. The Kier molecular flexibility index (Phi) is 5.03. The molecule has 1 aliphatic rings. The van der Waals surface area contributed by atoms with Crippen LogP contribution in [0.1, 0.15) is 21.8 Å². The lowest BCUT2D eigenvalue weighted by atomic mass is 10.1. The molecule has 0 saturated heterocycles. The molecule has 0 unspecified atom stereocenters. The van der Waals surface area contributed by atoms with E-state index in [1.54, 1.807) is 16.2 Å². The van der Waals surface area contributed by atoms with Gasteiger partial charge in [0, 0.05) is 24.0 Å². The number of thiophene rings is 1. The number of ether oxygens (including phenoxy) is 1. The lowest BCUT2D eigenvalue weighted by Gasteiger charge is -2.25. The predicted octanol–water partition coefficient (Wildman–Crippen LogP) is 3.41. The number of carbonyl (C=O) groups excluding carboxylic acids is 1. The second kappa shape index (κ2) is 7.22. The third kappa shape index (κ3) is 4.56. The van der Waals surface area contributed by atoms with Gasteiger partial charge in [0.2, 0.25) is 5.88 Å². The molecule has 2 aromatic rings. The molecule has 3 heterocycles. The van der Waals surface area contributed by atoms with E-state index in [4.69, 9.17) is 0 Å². The van der Waals surface area contributed by atoms with E-state index in [9.17, 15) is 18.0 Å². The molecule has 0 aromatic carbocycles. The van der Waals surface area contributed by atoms with Crippen LogP contribution < -0.4 is 4.74 Å². The summed E-state index contributed by atoms with van der Waals surface area (Å²) in [6.45, 7) is -0.436. The van der Waals surface area contributed by atoms with Gasteiger partial charge >= 0.3 is 6.18 Å². The first-order chi connectivity index (χ1) is 11.9. The van der Waals surface area contributed by atoms with Crippen LogP contribution in [0.3, 0.4) is 0 Å². The fourth-order valence-electron chi connectivity index (χ4n) is 2.37. The Bertz CT molecular complexity index is 758. The highest BCUT2D eigenvalue weighted by Crippen LogP contribution is 2.26. The number of hydrogen-bond donors (Lipinski definition) is 0. The number of alkyl halides is 3. The summed E-state index contributed by atoms with van der Waals surface area (Å²) in [6, 6.07) is 6.55. The summed E-state index contributed by atoms with van der Waals surface area (Å²) in [5.74, 6) is -0.580. The molecule has 0 aliphatic carbocycles. The maximum atomic E-state index is 12.4. The van der Waals surface area contributed by atoms with Crippen LogP contribution in [0.2, 0.25) is 0 Å². The van der Waals surface area contributed by atoms with Crippen LogP contribution in [0, 0.1) is 0 Å². The highest BCUT2D eigenvalue weighted by molar-refractivity contribution is 7.11. The number of amides is 1. The zero-order valence-electron chi connectivity index (χ0n) is 13.0. The lowest BCUT2D eigenvalue weighted by molar-refractivity contribution is -0.154. The summed E-state index contributed by atoms with van der Waals surface area (Å²) in [4.78, 5) is 15.2. The van der Waals surface area contributed by atoms with Gasteiger partial charge in [-0.05, 0) is 29.5 Å². The summed E-state index contributed by atoms with van der Waals surface area (Å²) < 4.78 is 40.7. The van der Waals surface area contributed by atoms with E-state index in [1.165, 1.54) is 22.6 Å². The van der Waals surface area contributed by atoms with Crippen LogP contribution >= 0.6 is 11.3 Å². The molecule has 3 rings (SSSR count). The van der Waals surface area contributed by atoms with E-state index < -0.39 is 12.8 Å². The molecule has 0 saturated carbocycles. The predicted molar refractivity (Wildman–Crippen MR) is 86.4 cm³/mol.